The van der Waals surface area contributed by atoms with E-state index in [4.69, 9.17) is 0 Å². The van der Waals surface area contributed by atoms with Gasteiger partial charge in [-0.1, -0.05) is 12.1 Å². The average molecular weight is 286 g/mol. The van der Waals surface area contributed by atoms with E-state index in [0.717, 1.165) is 5.69 Å². The van der Waals surface area contributed by atoms with Crippen LogP contribution in [-0.4, -0.2) is 40.2 Å². The van der Waals surface area contributed by atoms with Gasteiger partial charge in [-0.2, -0.15) is 8.42 Å². The highest BCUT2D eigenvalue weighted by molar-refractivity contribution is 7.86. The van der Waals surface area contributed by atoms with Crippen LogP contribution in [-0.2, 0) is 15.0 Å². The Bertz CT molecular complexity index is 588. The third-order valence-electron chi connectivity index (χ3n) is 3.16. The molecule has 0 aliphatic carbocycles. The Labute approximate surface area is 111 Å². The van der Waals surface area contributed by atoms with Crippen LogP contribution < -0.4 is 9.80 Å². The summed E-state index contributed by atoms with van der Waals surface area (Å²) >= 11 is 0. The van der Waals surface area contributed by atoms with Gasteiger partial charge in [0.15, 0.2) is 0 Å². The zero-order valence-corrected chi connectivity index (χ0v) is 11.4. The fraction of sp³-hybridized carbons (Fsp3) is 0.417. The molecule has 0 saturated carbocycles. The number of carbonyl (C=O) groups is 1. The van der Waals surface area contributed by atoms with Crippen molar-refractivity contribution in [3.63, 3.8) is 0 Å². The van der Waals surface area contributed by atoms with Gasteiger partial charge < -0.3 is 9.80 Å². The van der Waals surface area contributed by atoms with Crippen LogP contribution in [0.15, 0.2) is 24.3 Å². The van der Waals surface area contributed by atoms with Crippen molar-refractivity contribution in [2.24, 2.45) is 0 Å². The average Bonchev–Trinajstić information content (AvgIpc) is 2.47. The van der Waals surface area contributed by atoms with Crippen molar-refractivity contribution in [2.45, 2.75) is 6.42 Å². The molecule has 0 bridgehead atoms. The highest BCUT2D eigenvalue weighted by atomic mass is 32.3. The number of para-hydroxylation sites is 2. The molecule has 5 nitrogen and oxygen atoms in total. The van der Waals surface area contributed by atoms with Crippen molar-refractivity contribution in [3.05, 3.63) is 24.3 Å². The van der Waals surface area contributed by atoms with Crippen molar-refractivity contribution < 1.29 is 17.1 Å². The maximum absolute atomic E-state index is 12.6. The van der Waals surface area contributed by atoms with E-state index >= 15 is 0 Å². The number of benzene rings is 1. The first kappa shape index (κ1) is 13.8. The van der Waals surface area contributed by atoms with Crippen LogP contribution in [0.1, 0.15) is 6.42 Å². The molecule has 0 fully saturated rings. The molecular formula is C12H15FN2O3S. The lowest BCUT2D eigenvalue weighted by Gasteiger charge is -2.24. The van der Waals surface area contributed by atoms with E-state index in [2.05, 4.69) is 0 Å². The van der Waals surface area contributed by atoms with Gasteiger partial charge >= 0.3 is 10.2 Å². The van der Waals surface area contributed by atoms with E-state index in [1.54, 1.807) is 41.1 Å². The van der Waals surface area contributed by atoms with Gasteiger partial charge in [-0.05, 0) is 12.1 Å². The van der Waals surface area contributed by atoms with E-state index in [9.17, 15) is 17.1 Å². The van der Waals surface area contributed by atoms with Crippen molar-refractivity contribution >= 4 is 27.5 Å². The van der Waals surface area contributed by atoms with Crippen molar-refractivity contribution in [1.29, 1.82) is 0 Å². The summed E-state index contributed by atoms with van der Waals surface area (Å²) in [5.41, 5.74) is 1.46. The van der Waals surface area contributed by atoms with E-state index < -0.39 is 16.0 Å². The molecule has 2 rings (SSSR count). The van der Waals surface area contributed by atoms with Crippen LogP contribution in [0.25, 0.3) is 0 Å². The summed E-state index contributed by atoms with van der Waals surface area (Å²) in [6.07, 6.45) is 0.275. The Morgan fingerprint density at radius 3 is 2.53 bits per heavy atom. The number of fused-ring (bicyclic) bond motifs is 1. The van der Waals surface area contributed by atoms with Crippen LogP contribution in [0.5, 0.6) is 0 Å². The predicted molar refractivity (Wildman–Crippen MR) is 71.6 cm³/mol. The molecule has 1 aromatic carbocycles. The second kappa shape index (κ2) is 5.16. The van der Waals surface area contributed by atoms with E-state index in [0.29, 0.717) is 12.2 Å². The summed E-state index contributed by atoms with van der Waals surface area (Å²) in [4.78, 5) is 15.1. The van der Waals surface area contributed by atoms with Gasteiger partial charge in [0, 0.05) is 26.6 Å². The second-order valence-corrected chi connectivity index (χ2v) is 5.91. The largest absolute Gasteiger partial charge is 0.368 e. The van der Waals surface area contributed by atoms with Gasteiger partial charge in [0.05, 0.1) is 17.1 Å². The summed E-state index contributed by atoms with van der Waals surface area (Å²) in [7, 11) is -2.83. The number of hydrogen-bond acceptors (Lipinski definition) is 4. The molecule has 7 heteroatoms. The molecule has 0 saturated heterocycles. The molecular weight excluding hydrogens is 271 g/mol. The normalized spacial score (nSPS) is 16.2. The fourth-order valence-corrected chi connectivity index (χ4v) is 2.56. The van der Waals surface area contributed by atoms with E-state index in [1.807, 2.05) is 0 Å². The fourth-order valence-electron chi connectivity index (χ4n) is 2.12. The molecule has 0 unspecified atom stereocenters. The monoisotopic (exact) mass is 286 g/mol. The van der Waals surface area contributed by atoms with Crippen LogP contribution in [0.3, 0.4) is 0 Å². The van der Waals surface area contributed by atoms with Crippen LogP contribution >= 0.6 is 0 Å². The van der Waals surface area contributed by atoms with Crippen molar-refractivity contribution in [3.8, 4) is 0 Å². The molecule has 1 heterocycles. The Morgan fingerprint density at radius 2 is 1.89 bits per heavy atom. The Hall–Kier alpha value is -1.63. The molecule has 1 aromatic rings. The van der Waals surface area contributed by atoms with Gasteiger partial charge in [0.2, 0.25) is 5.91 Å². The van der Waals surface area contributed by atoms with Gasteiger partial charge in [-0.3, -0.25) is 4.79 Å². The number of hydrogen-bond donors (Lipinski definition) is 0. The minimum Gasteiger partial charge on any atom is -0.368 e. The molecule has 104 valence electrons. The summed E-state index contributed by atoms with van der Waals surface area (Å²) < 4.78 is 33.9. The van der Waals surface area contributed by atoms with Gasteiger partial charge in [-0.25, -0.2) is 0 Å². The lowest BCUT2D eigenvalue weighted by molar-refractivity contribution is -0.118. The van der Waals surface area contributed by atoms with Crippen LogP contribution in [0.2, 0.25) is 0 Å². The number of halogens is 1. The smallest absolute Gasteiger partial charge is 0.304 e. The summed E-state index contributed by atoms with van der Waals surface area (Å²) in [6.45, 7) is 0.423. The summed E-state index contributed by atoms with van der Waals surface area (Å²) in [5, 5.41) is 0. The molecule has 0 radical (unpaired) electrons. The third kappa shape index (κ3) is 3.23. The first-order valence-corrected chi connectivity index (χ1v) is 7.46. The van der Waals surface area contributed by atoms with Crippen LogP contribution in [0, 0.1) is 0 Å². The number of anilines is 2. The number of nitrogens with zero attached hydrogens (tertiary/aromatic N) is 2. The van der Waals surface area contributed by atoms with Gasteiger partial charge in [-0.15, -0.1) is 3.89 Å². The maximum Gasteiger partial charge on any atom is 0.304 e. The molecule has 0 spiro atoms. The first-order chi connectivity index (χ1) is 8.88. The maximum atomic E-state index is 12.6. The molecule has 1 aliphatic heterocycles. The highest BCUT2D eigenvalue weighted by Gasteiger charge is 2.24. The standard InChI is InChI=1S/C12H15FN2O3S/c1-14-10-4-2-3-5-11(10)15(7-6-12(14)16)8-9-19(13,17)18/h2-5H,6-9H2,1H3. The topological polar surface area (TPSA) is 57.7 Å². The lowest BCUT2D eigenvalue weighted by atomic mass is 10.2. The van der Waals surface area contributed by atoms with Gasteiger partial charge in [0.25, 0.3) is 0 Å². The quantitative estimate of drug-likeness (QED) is 0.782. The van der Waals surface area contributed by atoms with Crippen molar-refractivity contribution in [1.82, 2.24) is 0 Å². The molecule has 1 amide bonds. The van der Waals surface area contributed by atoms with Crippen LogP contribution in [0.4, 0.5) is 15.3 Å². The molecule has 1 aliphatic rings. The van der Waals surface area contributed by atoms with Gasteiger partial charge in [0.1, 0.15) is 0 Å². The SMILES string of the molecule is CN1C(=O)CCN(CCS(=O)(=O)F)c2ccccc21. The summed E-state index contributed by atoms with van der Waals surface area (Å²) in [6, 6.07) is 7.20. The Kier molecular flexibility index (Phi) is 3.75. The molecule has 19 heavy (non-hydrogen) atoms. The predicted octanol–water partition coefficient (Wildman–Crippen LogP) is 1.16. The third-order valence-corrected chi connectivity index (χ3v) is 3.83. The highest BCUT2D eigenvalue weighted by Crippen LogP contribution is 2.31. The number of rotatable bonds is 3. The van der Waals surface area contributed by atoms with Crippen molar-refractivity contribution in [2.75, 3.05) is 35.7 Å². The Balaban J connectivity index is 2.30. The first-order valence-electron chi connectivity index (χ1n) is 5.91. The number of amides is 1. The zero-order chi connectivity index (χ0) is 14.0. The molecule has 0 aromatic heterocycles. The van der Waals surface area contributed by atoms with E-state index in [-0.39, 0.29) is 18.9 Å². The summed E-state index contributed by atoms with van der Waals surface area (Å²) in [5.74, 6) is -0.614. The minimum absolute atomic E-state index is 0.0387. The van der Waals surface area contributed by atoms with E-state index in [1.165, 1.54) is 0 Å². The lowest BCUT2D eigenvalue weighted by Crippen LogP contribution is -2.29. The zero-order valence-electron chi connectivity index (χ0n) is 10.5. The molecule has 0 N–H and O–H groups in total. The second-order valence-electron chi connectivity index (χ2n) is 4.42. The number of carbonyl (C=O) groups excluding carboxylic acids is 1. The Morgan fingerprint density at radius 1 is 1.26 bits per heavy atom. The molecule has 0 atom stereocenters. The minimum atomic E-state index is -4.51.